The van der Waals surface area contributed by atoms with Crippen molar-refractivity contribution in [3.8, 4) is 0 Å². The minimum Gasteiger partial charge on any atom is -0.330 e. The zero-order valence-corrected chi connectivity index (χ0v) is 5.97. The number of thioether (sulfide) groups is 1. The first-order valence-corrected chi connectivity index (χ1v) is 3.75. The van der Waals surface area contributed by atoms with Crippen molar-refractivity contribution in [3.05, 3.63) is 0 Å². The Labute approximate surface area is 57.8 Å². The first-order chi connectivity index (χ1) is 3.81. The first kappa shape index (κ1) is 8.27. The lowest BCUT2D eigenvalue weighted by molar-refractivity contribution is -0.108. The molecule has 8 heavy (non-hydrogen) atoms. The van der Waals surface area contributed by atoms with Gasteiger partial charge in [-0.15, -0.1) is 11.6 Å². The van der Waals surface area contributed by atoms with Crippen LogP contribution in [0.3, 0.4) is 0 Å². The van der Waals surface area contributed by atoms with Crippen molar-refractivity contribution in [1.82, 2.24) is 0 Å². The van der Waals surface area contributed by atoms with Gasteiger partial charge in [0.25, 0.3) is 0 Å². The van der Waals surface area contributed by atoms with Crippen LogP contribution in [0.2, 0.25) is 0 Å². The second kappa shape index (κ2) is 5.41. The maximum atomic E-state index is 10.3. The van der Waals surface area contributed by atoms with Crippen molar-refractivity contribution in [1.29, 1.82) is 0 Å². The van der Waals surface area contributed by atoms with Crippen molar-refractivity contribution >= 4 is 28.5 Å². The van der Waals surface area contributed by atoms with Crippen molar-refractivity contribution in [2.75, 3.05) is 18.2 Å². The molecule has 0 heterocycles. The predicted molar refractivity (Wildman–Crippen MR) is 37.2 cm³/mol. The Morgan fingerprint density at radius 2 is 2.38 bits per heavy atom. The molecule has 0 rings (SSSR count). The van der Waals surface area contributed by atoms with Crippen LogP contribution in [0.1, 0.15) is 0 Å². The van der Waals surface area contributed by atoms with E-state index in [4.69, 9.17) is 17.3 Å². The molecule has 0 aromatic carbocycles. The van der Waals surface area contributed by atoms with Gasteiger partial charge < -0.3 is 5.73 Å². The zero-order valence-electron chi connectivity index (χ0n) is 4.39. The fraction of sp³-hybridized carbons (Fsp3) is 0.750. The maximum absolute atomic E-state index is 10.3. The molecular weight excluding hydrogens is 146 g/mol. The van der Waals surface area contributed by atoms with E-state index in [1.165, 1.54) is 11.8 Å². The Kier molecular flexibility index (Phi) is 5.59. The van der Waals surface area contributed by atoms with E-state index in [2.05, 4.69) is 0 Å². The van der Waals surface area contributed by atoms with Crippen LogP contribution in [0.4, 0.5) is 0 Å². The molecule has 0 atom stereocenters. The minimum atomic E-state index is -0.00267. The van der Waals surface area contributed by atoms with Gasteiger partial charge in [-0.1, -0.05) is 11.8 Å². The van der Waals surface area contributed by atoms with Crippen LogP contribution >= 0.6 is 23.4 Å². The highest BCUT2D eigenvalue weighted by Crippen LogP contribution is 2.00. The fourth-order valence-corrected chi connectivity index (χ4v) is 0.865. The summed E-state index contributed by atoms with van der Waals surface area (Å²) < 4.78 is 0. The van der Waals surface area contributed by atoms with Crippen molar-refractivity contribution in [2.45, 2.75) is 0 Å². The van der Waals surface area contributed by atoms with Crippen LogP contribution in [0.15, 0.2) is 0 Å². The topological polar surface area (TPSA) is 43.1 Å². The Morgan fingerprint density at radius 1 is 1.75 bits per heavy atom. The number of hydrogen-bond donors (Lipinski definition) is 1. The fourth-order valence-electron chi connectivity index (χ4n) is 0.211. The van der Waals surface area contributed by atoms with Gasteiger partial charge in [0.1, 0.15) is 0 Å². The third-order valence-electron chi connectivity index (χ3n) is 0.490. The quantitative estimate of drug-likeness (QED) is 0.599. The van der Waals surface area contributed by atoms with Crippen LogP contribution in [0, 0.1) is 0 Å². The molecule has 0 saturated heterocycles. The third kappa shape index (κ3) is 4.43. The van der Waals surface area contributed by atoms with Crippen LogP contribution in [0.5, 0.6) is 0 Å². The number of carbonyl (C=O) groups is 1. The summed E-state index contributed by atoms with van der Waals surface area (Å²) in [6.07, 6.45) is 0. The van der Waals surface area contributed by atoms with Gasteiger partial charge in [-0.3, -0.25) is 4.79 Å². The summed E-state index contributed by atoms with van der Waals surface area (Å²) in [5.41, 5.74) is 5.12. The highest BCUT2D eigenvalue weighted by atomic mass is 35.5. The normalized spacial score (nSPS) is 9.25. The second-order valence-corrected chi connectivity index (χ2v) is 2.56. The number of alkyl halides is 1. The van der Waals surface area contributed by atoms with Crippen LogP contribution < -0.4 is 5.73 Å². The molecule has 0 aromatic heterocycles. The molecule has 2 N–H and O–H groups in total. The maximum Gasteiger partial charge on any atom is 0.203 e. The van der Waals surface area contributed by atoms with Gasteiger partial charge in [0.15, 0.2) is 0 Å². The van der Waals surface area contributed by atoms with Crippen molar-refractivity contribution in [3.63, 3.8) is 0 Å². The Hall–Kier alpha value is 0.270. The van der Waals surface area contributed by atoms with Gasteiger partial charge in [-0.2, -0.15) is 0 Å². The van der Waals surface area contributed by atoms with E-state index < -0.39 is 0 Å². The number of rotatable bonds is 3. The van der Waals surface area contributed by atoms with E-state index >= 15 is 0 Å². The number of carbonyl (C=O) groups excluding carboxylic acids is 1. The highest BCUT2D eigenvalue weighted by Gasteiger charge is 1.95. The van der Waals surface area contributed by atoms with Crippen molar-refractivity contribution in [2.24, 2.45) is 5.73 Å². The molecule has 0 radical (unpaired) electrons. The summed E-state index contributed by atoms with van der Waals surface area (Å²) in [6, 6.07) is 0. The lowest BCUT2D eigenvalue weighted by Crippen LogP contribution is -2.04. The molecule has 0 unspecified atom stereocenters. The summed E-state index contributed by atoms with van der Waals surface area (Å²) in [6.45, 7) is 0.535. The van der Waals surface area contributed by atoms with Gasteiger partial charge in [0, 0.05) is 12.3 Å². The first-order valence-electron chi connectivity index (χ1n) is 2.23. The molecule has 0 aromatic rings. The third-order valence-corrected chi connectivity index (χ3v) is 1.80. The molecule has 0 aliphatic carbocycles. The largest absolute Gasteiger partial charge is 0.330 e. The van der Waals surface area contributed by atoms with Crippen molar-refractivity contribution < 1.29 is 4.79 Å². The van der Waals surface area contributed by atoms with Crippen LogP contribution in [-0.2, 0) is 4.79 Å². The summed E-state index contributed by atoms with van der Waals surface area (Å²) in [4.78, 5) is 10.3. The molecule has 0 amide bonds. The Bertz CT molecular complexity index is 78.4. The molecule has 0 fully saturated rings. The molecule has 48 valence electrons. The number of hydrogen-bond acceptors (Lipinski definition) is 3. The summed E-state index contributed by atoms with van der Waals surface area (Å²) in [5, 5.41) is -0.00267. The van der Waals surface area contributed by atoms with E-state index in [0.717, 1.165) is 0 Å². The lowest BCUT2D eigenvalue weighted by atomic mass is 10.8. The van der Waals surface area contributed by atoms with E-state index in [1.54, 1.807) is 0 Å². The van der Waals surface area contributed by atoms with Crippen LogP contribution in [0.25, 0.3) is 0 Å². The number of halogens is 1. The molecule has 0 spiro atoms. The lowest BCUT2D eigenvalue weighted by Gasteiger charge is -1.90. The van der Waals surface area contributed by atoms with Gasteiger partial charge >= 0.3 is 0 Å². The summed E-state index contributed by atoms with van der Waals surface area (Å²) in [7, 11) is 0. The molecule has 2 nitrogen and oxygen atoms in total. The Balaban J connectivity index is 2.99. The minimum absolute atomic E-state index is 0.00267. The SMILES string of the molecule is NCCSC(=O)CCl. The Morgan fingerprint density at radius 3 is 2.75 bits per heavy atom. The van der Waals surface area contributed by atoms with Gasteiger partial charge in [0.2, 0.25) is 5.12 Å². The molecule has 0 aliphatic rings. The predicted octanol–water partition coefficient (Wildman–Crippen LogP) is 0.444. The average Bonchev–Trinajstić information content (AvgIpc) is 1.83. The van der Waals surface area contributed by atoms with Gasteiger partial charge in [-0.25, -0.2) is 0 Å². The average molecular weight is 154 g/mol. The van der Waals surface area contributed by atoms with Gasteiger partial charge in [-0.05, 0) is 0 Å². The molecule has 0 saturated carbocycles. The second-order valence-electron chi connectivity index (χ2n) is 1.14. The summed E-state index contributed by atoms with van der Waals surface area (Å²) >= 11 is 6.36. The zero-order chi connectivity index (χ0) is 6.41. The molecular formula is C4H8ClNOS. The highest BCUT2D eigenvalue weighted by molar-refractivity contribution is 8.13. The van der Waals surface area contributed by atoms with E-state index in [1.807, 2.05) is 0 Å². The van der Waals surface area contributed by atoms with E-state index in [-0.39, 0.29) is 11.0 Å². The van der Waals surface area contributed by atoms with E-state index in [0.29, 0.717) is 12.3 Å². The molecule has 0 aliphatic heterocycles. The van der Waals surface area contributed by atoms with E-state index in [9.17, 15) is 4.79 Å². The van der Waals surface area contributed by atoms with Gasteiger partial charge in [0.05, 0.1) is 5.88 Å². The standard InChI is InChI=1S/C4H8ClNOS/c5-3-4(7)8-2-1-6/h1-3,6H2. The molecule has 0 bridgehead atoms. The monoisotopic (exact) mass is 153 g/mol. The summed E-state index contributed by atoms with van der Waals surface area (Å²) in [5.74, 6) is 0.760. The smallest absolute Gasteiger partial charge is 0.203 e. The van der Waals surface area contributed by atoms with Crippen LogP contribution in [-0.4, -0.2) is 23.3 Å². The number of nitrogens with two attached hydrogens (primary N) is 1. The molecule has 4 heteroatoms.